The van der Waals surface area contributed by atoms with Crippen molar-refractivity contribution in [3.8, 4) is 5.75 Å². The standard InChI is InChI=1S/C25H19ClF3N3O3/c1-14-11-17(9-10-30-14)31-24(34)22(33)21-19-12-18(35-2)7-8-20(19)32(23(21)25(27,28)29)13-15-3-5-16(26)6-4-15/h3-12H,13H2,1-2H3,(H,30,31,34). The first-order chi connectivity index (χ1) is 16.6. The van der Waals surface area contributed by atoms with Gasteiger partial charge in [-0.05, 0) is 55.0 Å². The van der Waals surface area contributed by atoms with Gasteiger partial charge in [-0.25, -0.2) is 0 Å². The molecule has 1 N–H and O–H groups in total. The molecule has 0 unspecified atom stereocenters. The number of carbonyl (C=O) groups excluding carboxylic acids is 2. The van der Waals surface area contributed by atoms with Crippen LogP contribution in [0.3, 0.4) is 0 Å². The summed E-state index contributed by atoms with van der Waals surface area (Å²) in [4.78, 5) is 30.0. The molecule has 2 aromatic carbocycles. The Morgan fingerprint density at radius 2 is 1.80 bits per heavy atom. The second kappa shape index (κ2) is 9.42. The molecule has 0 spiro atoms. The highest BCUT2D eigenvalue weighted by atomic mass is 35.5. The zero-order chi connectivity index (χ0) is 25.3. The molecule has 2 heterocycles. The molecule has 35 heavy (non-hydrogen) atoms. The van der Waals surface area contributed by atoms with Gasteiger partial charge in [0.15, 0.2) is 0 Å². The van der Waals surface area contributed by atoms with Crippen LogP contribution in [0.4, 0.5) is 18.9 Å². The van der Waals surface area contributed by atoms with E-state index in [2.05, 4.69) is 10.3 Å². The van der Waals surface area contributed by atoms with Crippen molar-refractivity contribution in [1.82, 2.24) is 9.55 Å². The second-order valence-electron chi connectivity index (χ2n) is 7.79. The number of aromatic nitrogens is 2. The summed E-state index contributed by atoms with van der Waals surface area (Å²) in [6.07, 6.45) is -3.52. The molecule has 0 aliphatic carbocycles. The molecule has 1 amide bonds. The van der Waals surface area contributed by atoms with Crippen LogP contribution in [0.15, 0.2) is 60.8 Å². The summed E-state index contributed by atoms with van der Waals surface area (Å²) < 4.78 is 49.5. The van der Waals surface area contributed by atoms with Crippen molar-refractivity contribution in [3.63, 3.8) is 0 Å². The lowest BCUT2D eigenvalue weighted by Gasteiger charge is -2.15. The summed E-state index contributed by atoms with van der Waals surface area (Å²) in [7, 11) is 1.36. The molecule has 10 heteroatoms. The van der Waals surface area contributed by atoms with E-state index in [9.17, 15) is 22.8 Å². The minimum atomic E-state index is -4.93. The van der Waals surface area contributed by atoms with Crippen molar-refractivity contribution in [2.45, 2.75) is 19.6 Å². The topological polar surface area (TPSA) is 73.2 Å². The Morgan fingerprint density at radius 3 is 2.43 bits per heavy atom. The highest BCUT2D eigenvalue weighted by Crippen LogP contribution is 2.40. The zero-order valence-corrected chi connectivity index (χ0v) is 19.4. The Balaban J connectivity index is 1.89. The van der Waals surface area contributed by atoms with Crippen LogP contribution >= 0.6 is 11.6 Å². The Hall–Kier alpha value is -3.85. The highest BCUT2D eigenvalue weighted by Gasteiger charge is 2.42. The molecule has 0 radical (unpaired) electrons. The van der Waals surface area contributed by atoms with E-state index in [4.69, 9.17) is 16.3 Å². The number of alkyl halides is 3. The van der Waals surface area contributed by atoms with E-state index in [0.717, 1.165) is 4.57 Å². The van der Waals surface area contributed by atoms with Crippen LogP contribution in [-0.2, 0) is 17.5 Å². The van der Waals surface area contributed by atoms with Crippen LogP contribution in [0.5, 0.6) is 5.75 Å². The molecule has 2 aromatic heterocycles. The Morgan fingerprint density at radius 1 is 1.09 bits per heavy atom. The Bertz CT molecular complexity index is 1430. The van der Waals surface area contributed by atoms with E-state index < -0.39 is 29.1 Å². The van der Waals surface area contributed by atoms with Gasteiger partial charge in [-0.2, -0.15) is 13.2 Å². The molecule has 0 aliphatic heterocycles. The molecular formula is C25H19ClF3N3O3. The van der Waals surface area contributed by atoms with E-state index in [-0.39, 0.29) is 28.9 Å². The summed E-state index contributed by atoms with van der Waals surface area (Å²) in [6.45, 7) is 1.48. The van der Waals surface area contributed by atoms with Gasteiger partial charge in [-0.3, -0.25) is 14.6 Å². The van der Waals surface area contributed by atoms with Gasteiger partial charge in [0.25, 0.3) is 11.7 Å². The number of halogens is 4. The van der Waals surface area contributed by atoms with Gasteiger partial charge in [0.1, 0.15) is 11.4 Å². The van der Waals surface area contributed by atoms with Gasteiger partial charge >= 0.3 is 6.18 Å². The lowest BCUT2D eigenvalue weighted by atomic mass is 10.0. The average molecular weight is 502 g/mol. The first-order valence-electron chi connectivity index (χ1n) is 10.4. The first kappa shape index (κ1) is 24.3. The minimum absolute atomic E-state index is 0.0447. The van der Waals surface area contributed by atoms with Crippen molar-refractivity contribution >= 4 is 39.9 Å². The first-order valence-corrected chi connectivity index (χ1v) is 10.8. The van der Waals surface area contributed by atoms with Crippen molar-refractivity contribution in [2.24, 2.45) is 0 Å². The monoisotopic (exact) mass is 501 g/mol. The van der Waals surface area contributed by atoms with Crippen LogP contribution in [0.1, 0.15) is 27.3 Å². The molecule has 0 aliphatic rings. The SMILES string of the molecule is COc1ccc2c(c1)c(C(=O)C(=O)Nc1ccnc(C)c1)c(C(F)(F)F)n2Cc1ccc(Cl)cc1. The lowest BCUT2D eigenvalue weighted by molar-refractivity contribution is -0.143. The summed E-state index contributed by atoms with van der Waals surface area (Å²) in [5, 5.41) is 2.76. The van der Waals surface area contributed by atoms with Crippen LogP contribution in [-0.4, -0.2) is 28.4 Å². The van der Waals surface area contributed by atoms with Crippen molar-refractivity contribution in [1.29, 1.82) is 0 Å². The fourth-order valence-electron chi connectivity index (χ4n) is 3.85. The minimum Gasteiger partial charge on any atom is -0.497 e. The number of carbonyl (C=O) groups is 2. The number of methoxy groups -OCH3 is 1. The Kier molecular flexibility index (Phi) is 6.53. The van der Waals surface area contributed by atoms with Crippen LogP contribution < -0.4 is 10.1 Å². The fraction of sp³-hybridized carbons (Fsp3) is 0.160. The number of pyridine rings is 1. The molecule has 0 fully saturated rings. The quantitative estimate of drug-likeness (QED) is 0.264. The number of rotatable bonds is 6. The van der Waals surface area contributed by atoms with Crippen molar-refractivity contribution in [2.75, 3.05) is 12.4 Å². The van der Waals surface area contributed by atoms with Crippen molar-refractivity contribution < 1.29 is 27.5 Å². The average Bonchev–Trinajstić information content (AvgIpc) is 3.13. The molecule has 4 aromatic rings. The number of Topliss-reactive ketones (excluding diaryl/α,β-unsaturated/α-hetero) is 1. The molecule has 0 bridgehead atoms. The normalized spacial score (nSPS) is 11.5. The van der Waals surface area contributed by atoms with Gasteiger partial charge in [-0.1, -0.05) is 23.7 Å². The van der Waals surface area contributed by atoms with Crippen LogP contribution in [0, 0.1) is 6.92 Å². The molecular weight excluding hydrogens is 483 g/mol. The van der Waals surface area contributed by atoms with Crippen LogP contribution in [0.2, 0.25) is 5.02 Å². The number of anilines is 1. The number of aryl methyl sites for hydroxylation is 1. The summed E-state index contributed by atoms with van der Waals surface area (Å²) in [5.41, 5.74) is -0.500. The van der Waals surface area contributed by atoms with Crippen molar-refractivity contribution in [3.05, 3.63) is 88.3 Å². The number of hydrogen-bond acceptors (Lipinski definition) is 4. The Labute approximate surface area is 203 Å². The molecule has 4 rings (SSSR count). The lowest BCUT2D eigenvalue weighted by Crippen LogP contribution is -2.26. The number of amides is 1. The van der Waals surface area contributed by atoms with Crippen LogP contribution in [0.25, 0.3) is 10.9 Å². The number of ketones is 1. The summed E-state index contributed by atoms with van der Waals surface area (Å²) in [5.74, 6) is -2.27. The second-order valence-corrected chi connectivity index (χ2v) is 8.22. The zero-order valence-electron chi connectivity index (χ0n) is 18.6. The smallest absolute Gasteiger partial charge is 0.432 e. The molecule has 180 valence electrons. The van der Waals surface area contributed by atoms with Gasteiger partial charge in [0.2, 0.25) is 0 Å². The van der Waals surface area contributed by atoms with E-state index in [1.807, 2.05) is 0 Å². The van der Waals surface area contributed by atoms with E-state index in [1.54, 1.807) is 31.2 Å². The summed E-state index contributed by atoms with van der Waals surface area (Å²) in [6, 6.07) is 13.5. The molecule has 0 saturated carbocycles. The third-order valence-electron chi connectivity index (χ3n) is 5.38. The van der Waals surface area contributed by atoms with E-state index in [0.29, 0.717) is 16.3 Å². The number of nitrogens with zero attached hydrogens (tertiary/aromatic N) is 2. The number of hydrogen-bond donors (Lipinski definition) is 1. The predicted octanol–water partition coefficient (Wildman–Crippen LogP) is 5.90. The summed E-state index contributed by atoms with van der Waals surface area (Å²) >= 11 is 5.91. The van der Waals surface area contributed by atoms with Gasteiger partial charge in [0.05, 0.1) is 12.7 Å². The fourth-order valence-corrected chi connectivity index (χ4v) is 3.97. The largest absolute Gasteiger partial charge is 0.497 e. The molecule has 0 atom stereocenters. The molecule has 0 saturated heterocycles. The van der Waals surface area contributed by atoms with Gasteiger partial charge in [0, 0.05) is 40.0 Å². The number of nitrogens with one attached hydrogen (secondary N) is 1. The van der Waals surface area contributed by atoms with Gasteiger partial charge in [-0.15, -0.1) is 0 Å². The van der Waals surface area contributed by atoms with Gasteiger partial charge < -0.3 is 14.6 Å². The maximum absolute atomic E-state index is 14.4. The van der Waals surface area contributed by atoms with E-state index in [1.165, 1.54) is 43.6 Å². The number of benzene rings is 2. The maximum atomic E-state index is 14.4. The number of fused-ring (bicyclic) bond motifs is 1. The highest BCUT2D eigenvalue weighted by molar-refractivity contribution is 6.48. The molecule has 6 nitrogen and oxygen atoms in total. The maximum Gasteiger partial charge on any atom is 0.432 e. The third kappa shape index (κ3) is 5.00. The predicted molar refractivity (Wildman–Crippen MR) is 126 cm³/mol. The third-order valence-corrected chi connectivity index (χ3v) is 5.63. The van der Waals surface area contributed by atoms with E-state index >= 15 is 0 Å². The number of ether oxygens (including phenoxy) is 1.